The zero-order valence-corrected chi connectivity index (χ0v) is 14.7. The van der Waals surface area contributed by atoms with Gasteiger partial charge in [-0.15, -0.1) is 0 Å². The van der Waals surface area contributed by atoms with Crippen LogP contribution in [0.5, 0.6) is 0 Å². The molecule has 0 bridgehead atoms. The van der Waals surface area contributed by atoms with Gasteiger partial charge in [0.2, 0.25) is 11.8 Å². The maximum Gasteiger partial charge on any atom is 0.326 e. The van der Waals surface area contributed by atoms with Crippen LogP contribution < -0.4 is 5.32 Å². The summed E-state index contributed by atoms with van der Waals surface area (Å²) in [5, 5.41) is 11.8. The normalized spacial score (nSPS) is 13.0. The molecular weight excluding hydrogens is 308 g/mol. The molecule has 6 heteroatoms. The number of amides is 2. The molecule has 1 aromatic carbocycles. The van der Waals surface area contributed by atoms with E-state index in [1.54, 1.807) is 0 Å². The van der Waals surface area contributed by atoms with Gasteiger partial charge >= 0.3 is 5.97 Å². The molecule has 0 saturated heterocycles. The Kier molecular flexibility index (Phi) is 7.42. The molecule has 1 rings (SSSR count). The summed E-state index contributed by atoms with van der Waals surface area (Å²) in [5.41, 5.74) is 2.18. The first-order valence-electron chi connectivity index (χ1n) is 8.06. The number of aryl methyl sites for hydroxylation is 1. The number of benzene rings is 1. The van der Waals surface area contributed by atoms with Gasteiger partial charge in [-0.2, -0.15) is 0 Å². The molecule has 6 nitrogen and oxygen atoms in total. The Labute approximate surface area is 142 Å². The van der Waals surface area contributed by atoms with Crippen molar-refractivity contribution >= 4 is 17.8 Å². The van der Waals surface area contributed by atoms with E-state index in [0.29, 0.717) is 0 Å². The lowest BCUT2D eigenvalue weighted by Gasteiger charge is -2.28. The zero-order valence-electron chi connectivity index (χ0n) is 14.7. The fourth-order valence-corrected chi connectivity index (χ4v) is 2.65. The van der Waals surface area contributed by atoms with E-state index in [1.807, 2.05) is 38.1 Å². The minimum Gasteiger partial charge on any atom is -0.480 e. The molecule has 0 saturated carbocycles. The Hall–Kier alpha value is -2.37. The van der Waals surface area contributed by atoms with Crippen molar-refractivity contribution in [1.82, 2.24) is 10.2 Å². The van der Waals surface area contributed by atoms with Crippen LogP contribution in [-0.2, 0) is 14.4 Å². The molecule has 2 amide bonds. The standard InChI is InChI=1S/C18H26N2O4/c1-12-7-5-6-8-16(12)13(2)11-17(22)20(14(3)18(23)24)10-9-19-15(4)21/h5-8,13-14H,9-11H2,1-4H3,(H,19,21)(H,23,24). The van der Waals surface area contributed by atoms with Crippen LogP contribution in [0.3, 0.4) is 0 Å². The van der Waals surface area contributed by atoms with Gasteiger partial charge in [-0.25, -0.2) is 4.79 Å². The van der Waals surface area contributed by atoms with Crippen LogP contribution in [0.2, 0.25) is 0 Å². The van der Waals surface area contributed by atoms with Crippen molar-refractivity contribution in [2.45, 2.75) is 46.1 Å². The molecule has 1 aromatic rings. The largest absolute Gasteiger partial charge is 0.480 e. The van der Waals surface area contributed by atoms with Gasteiger partial charge in [0.25, 0.3) is 0 Å². The topological polar surface area (TPSA) is 86.7 Å². The van der Waals surface area contributed by atoms with Crippen molar-refractivity contribution in [3.63, 3.8) is 0 Å². The molecule has 132 valence electrons. The van der Waals surface area contributed by atoms with E-state index >= 15 is 0 Å². The number of carboxylic acids is 1. The van der Waals surface area contributed by atoms with Crippen molar-refractivity contribution < 1.29 is 19.5 Å². The second-order valence-electron chi connectivity index (χ2n) is 6.05. The fraction of sp³-hybridized carbons (Fsp3) is 0.500. The van der Waals surface area contributed by atoms with E-state index < -0.39 is 12.0 Å². The number of carboxylic acid groups (broad SMARTS) is 1. The summed E-state index contributed by atoms with van der Waals surface area (Å²) < 4.78 is 0. The zero-order chi connectivity index (χ0) is 18.3. The van der Waals surface area contributed by atoms with Crippen molar-refractivity contribution in [1.29, 1.82) is 0 Å². The van der Waals surface area contributed by atoms with Gasteiger partial charge in [0.1, 0.15) is 6.04 Å². The number of hydrogen-bond donors (Lipinski definition) is 2. The van der Waals surface area contributed by atoms with E-state index in [9.17, 15) is 19.5 Å². The highest BCUT2D eigenvalue weighted by Gasteiger charge is 2.26. The maximum absolute atomic E-state index is 12.6. The molecule has 24 heavy (non-hydrogen) atoms. The number of nitrogens with one attached hydrogen (secondary N) is 1. The molecule has 0 radical (unpaired) electrons. The third-order valence-corrected chi connectivity index (χ3v) is 4.07. The third-order valence-electron chi connectivity index (χ3n) is 4.07. The fourth-order valence-electron chi connectivity index (χ4n) is 2.65. The summed E-state index contributed by atoms with van der Waals surface area (Å²) in [6.45, 7) is 7.21. The number of carbonyl (C=O) groups is 3. The van der Waals surface area contributed by atoms with Crippen LogP contribution in [-0.4, -0.2) is 46.9 Å². The highest BCUT2D eigenvalue weighted by molar-refractivity contribution is 5.84. The minimum absolute atomic E-state index is 0.0111. The van der Waals surface area contributed by atoms with E-state index in [-0.39, 0.29) is 37.2 Å². The summed E-state index contributed by atoms with van der Waals surface area (Å²) in [5.74, 6) is -1.51. The lowest BCUT2D eigenvalue weighted by atomic mass is 9.93. The van der Waals surface area contributed by atoms with E-state index in [4.69, 9.17) is 0 Å². The van der Waals surface area contributed by atoms with Crippen LogP contribution in [0.1, 0.15) is 44.2 Å². The third kappa shape index (κ3) is 5.68. The van der Waals surface area contributed by atoms with Crippen molar-refractivity contribution in [3.05, 3.63) is 35.4 Å². The number of carbonyl (C=O) groups excluding carboxylic acids is 2. The first-order valence-corrected chi connectivity index (χ1v) is 8.06. The van der Waals surface area contributed by atoms with Crippen LogP contribution in [0.15, 0.2) is 24.3 Å². The van der Waals surface area contributed by atoms with Crippen molar-refractivity contribution in [3.8, 4) is 0 Å². The number of hydrogen-bond acceptors (Lipinski definition) is 3. The van der Waals surface area contributed by atoms with Gasteiger partial charge in [0.15, 0.2) is 0 Å². The Morgan fingerprint density at radius 3 is 2.38 bits per heavy atom. The molecule has 0 aliphatic rings. The summed E-state index contributed by atoms with van der Waals surface area (Å²) in [7, 11) is 0. The molecule has 0 heterocycles. The number of aliphatic carboxylic acids is 1. The summed E-state index contributed by atoms with van der Waals surface area (Å²) >= 11 is 0. The molecule has 0 spiro atoms. The van der Waals surface area contributed by atoms with E-state index in [1.165, 1.54) is 18.7 Å². The van der Waals surface area contributed by atoms with Crippen LogP contribution in [0.25, 0.3) is 0 Å². The molecule has 2 atom stereocenters. The predicted molar refractivity (Wildman–Crippen MR) is 91.7 cm³/mol. The van der Waals surface area contributed by atoms with Crippen LogP contribution in [0, 0.1) is 6.92 Å². The predicted octanol–water partition coefficient (Wildman–Crippen LogP) is 1.93. The summed E-state index contributed by atoms with van der Waals surface area (Å²) in [4.78, 5) is 36.2. The van der Waals surface area contributed by atoms with Gasteiger partial charge in [0, 0.05) is 26.4 Å². The lowest BCUT2D eigenvalue weighted by Crippen LogP contribution is -2.47. The monoisotopic (exact) mass is 334 g/mol. The first kappa shape index (κ1) is 19.7. The minimum atomic E-state index is -1.06. The molecule has 2 N–H and O–H groups in total. The second kappa shape index (κ2) is 9.05. The van der Waals surface area contributed by atoms with Crippen LogP contribution >= 0.6 is 0 Å². The highest BCUT2D eigenvalue weighted by atomic mass is 16.4. The van der Waals surface area contributed by atoms with Gasteiger partial charge in [-0.05, 0) is 30.9 Å². The quantitative estimate of drug-likeness (QED) is 0.760. The number of rotatable bonds is 8. The highest BCUT2D eigenvalue weighted by Crippen LogP contribution is 2.23. The van der Waals surface area contributed by atoms with Gasteiger partial charge in [-0.1, -0.05) is 31.2 Å². The average Bonchev–Trinajstić information content (AvgIpc) is 2.50. The Morgan fingerprint density at radius 2 is 1.83 bits per heavy atom. The van der Waals surface area contributed by atoms with Crippen LogP contribution in [0.4, 0.5) is 0 Å². The SMILES string of the molecule is CC(=O)NCCN(C(=O)CC(C)c1ccccc1C)C(C)C(=O)O. The molecule has 0 aliphatic heterocycles. The molecule has 0 aliphatic carbocycles. The smallest absolute Gasteiger partial charge is 0.326 e. The Bertz CT molecular complexity index is 600. The van der Waals surface area contributed by atoms with Crippen molar-refractivity contribution in [2.75, 3.05) is 13.1 Å². The molecule has 2 unspecified atom stereocenters. The summed E-state index contributed by atoms with van der Waals surface area (Å²) in [6.07, 6.45) is 0.225. The summed E-state index contributed by atoms with van der Waals surface area (Å²) in [6, 6.07) is 6.91. The van der Waals surface area contributed by atoms with Gasteiger partial charge < -0.3 is 15.3 Å². The van der Waals surface area contributed by atoms with Crippen molar-refractivity contribution in [2.24, 2.45) is 0 Å². The maximum atomic E-state index is 12.6. The molecule has 0 aromatic heterocycles. The lowest BCUT2D eigenvalue weighted by molar-refractivity contribution is -0.149. The average molecular weight is 334 g/mol. The Morgan fingerprint density at radius 1 is 1.21 bits per heavy atom. The second-order valence-corrected chi connectivity index (χ2v) is 6.05. The van der Waals surface area contributed by atoms with E-state index in [0.717, 1.165) is 11.1 Å². The first-order chi connectivity index (χ1) is 11.2. The number of nitrogens with zero attached hydrogens (tertiary/aromatic N) is 1. The van der Waals surface area contributed by atoms with Gasteiger partial charge in [-0.3, -0.25) is 9.59 Å². The Balaban J connectivity index is 2.81. The van der Waals surface area contributed by atoms with E-state index in [2.05, 4.69) is 5.32 Å². The van der Waals surface area contributed by atoms with Gasteiger partial charge in [0.05, 0.1) is 0 Å². The molecular formula is C18H26N2O4. The molecule has 0 fully saturated rings.